The molecule has 0 spiro atoms. The Balaban J connectivity index is 1.62. The summed E-state index contributed by atoms with van der Waals surface area (Å²) < 4.78 is 10.8. The molecule has 0 unspecified atom stereocenters. The molecule has 0 saturated heterocycles. The molecule has 0 aliphatic rings. The smallest absolute Gasteiger partial charge is 0.344 e. The topological polar surface area (TPSA) is 68.7 Å². The predicted molar refractivity (Wildman–Crippen MR) is 122 cm³/mol. The number of aromatic nitrogens is 1. The molecular formula is C24H26N2O4S. The van der Waals surface area contributed by atoms with Gasteiger partial charge in [-0.1, -0.05) is 18.2 Å². The van der Waals surface area contributed by atoms with Gasteiger partial charge in [0.25, 0.3) is 0 Å². The van der Waals surface area contributed by atoms with E-state index in [2.05, 4.69) is 4.98 Å². The van der Waals surface area contributed by atoms with Gasteiger partial charge in [-0.3, -0.25) is 9.69 Å². The predicted octanol–water partition coefficient (Wildman–Crippen LogP) is 5.18. The number of nitrogens with zero attached hydrogens (tertiary/aromatic N) is 2. The van der Waals surface area contributed by atoms with E-state index in [9.17, 15) is 9.59 Å². The first kappa shape index (κ1) is 22.5. The van der Waals surface area contributed by atoms with Crippen LogP contribution in [0, 0.1) is 27.7 Å². The van der Waals surface area contributed by atoms with Crippen molar-refractivity contribution in [2.75, 3.05) is 11.5 Å². The van der Waals surface area contributed by atoms with Crippen LogP contribution >= 0.6 is 11.3 Å². The van der Waals surface area contributed by atoms with Gasteiger partial charge in [0.1, 0.15) is 12.4 Å². The largest absolute Gasteiger partial charge is 0.482 e. The lowest BCUT2D eigenvalue weighted by atomic mass is 10.1. The van der Waals surface area contributed by atoms with E-state index in [0.29, 0.717) is 16.6 Å². The van der Waals surface area contributed by atoms with E-state index in [1.54, 1.807) is 10.3 Å². The molecule has 162 valence electrons. The van der Waals surface area contributed by atoms with Crippen molar-refractivity contribution in [1.29, 1.82) is 0 Å². The molecule has 0 atom stereocenters. The zero-order chi connectivity index (χ0) is 22.5. The number of amides is 1. The molecule has 0 fully saturated rings. The lowest BCUT2D eigenvalue weighted by Crippen LogP contribution is -2.23. The monoisotopic (exact) mass is 438 g/mol. The Morgan fingerprint density at radius 3 is 2.52 bits per heavy atom. The lowest BCUT2D eigenvalue weighted by molar-refractivity contribution is -0.147. The fraction of sp³-hybridized carbons (Fsp3) is 0.292. The molecule has 7 heteroatoms. The molecule has 0 N–H and O–H groups in total. The van der Waals surface area contributed by atoms with Crippen molar-refractivity contribution in [3.8, 4) is 5.75 Å². The van der Waals surface area contributed by atoms with E-state index in [0.717, 1.165) is 27.9 Å². The number of esters is 1. The van der Waals surface area contributed by atoms with Crippen LogP contribution in [0.1, 0.15) is 34.9 Å². The van der Waals surface area contributed by atoms with Gasteiger partial charge >= 0.3 is 5.97 Å². The Kier molecular flexibility index (Phi) is 7.07. The quantitative estimate of drug-likeness (QED) is 0.475. The maximum absolute atomic E-state index is 12.3. The summed E-state index contributed by atoms with van der Waals surface area (Å²) in [5.74, 6) is 0.0146. The Morgan fingerprint density at radius 2 is 1.81 bits per heavy atom. The number of hydrogen-bond donors (Lipinski definition) is 0. The van der Waals surface area contributed by atoms with Crippen molar-refractivity contribution >= 4 is 34.0 Å². The van der Waals surface area contributed by atoms with E-state index in [1.807, 2.05) is 64.1 Å². The molecule has 2 aromatic carbocycles. The summed E-state index contributed by atoms with van der Waals surface area (Å²) in [5.41, 5.74) is 5.75. The van der Waals surface area contributed by atoms with Crippen molar-refractivity contribution in [3.63, 3.8) is 0 Å². The third-order valence-electron chi connectivity index (χ3n) is 5.08. The fourth-order valence-electron chi connectivity index (χ4n) is 2.99. The molecule has 0 aliphatic carbocycles. The van der Waals surface area contributed by atoms with Gasteiger partial charge in [0.15, 0.2) is 11.7 Å². The van der Waals surface area contributed by atoms with E-state index >= 15 is 0 Å². The van der Waals surface area contributed by atoms with Crippen LogP contribution in [0.5, 0.6) is 5.75 Å². The lowest BCUT2D eigenvalue weighted by Gasteiger charge is -2.21. The summed E-state index contributed by atoms with van der Waals surface area (Å²) >= 11 is 1.33. The van der Waals surface area contributed by atoms with E-state index in [4.69, 9.17) is 9.47 Å². The van der Waals surface area contributed by atoms with E-state index in [-0.39, 0.29) is 19.1 Å². The van der Waals surface area contributed by atoms with Crippen LogP contribution in [0.15, 0.2) is 41.8 Å². The van der Waals surface area contributed by atoms with Crippen molar-refractivity contribution in [3.05, 3.63) is 69.7 Å². The highest BCUT2D eigenvalue weighted by molar-refractivity contribution is 7.14. The van der Waals surface area contributed by atoms with E-state index < -0.39 is 5.97 Å². The molecule has 1 heterocycles. The molecule has 6 nitrogen and oxygen atoms in total. The summed E-state index contributed by atoms with van der Waals surface area (Å²) in [6.45, 7) is 9.33. The van der Waals surface area contributed by atoms with Crippen LogP contribution in [-0.4, -0.2) is 23.5 Å². The third-order valence-corrected chi connectivity index (χ3v) is 5.95. The highest BCUT2D eigenvalue weighted by Crippen LogP contribution is 2.32. The molecule has 3 rings (SSSR count). The molecule has 1 aromatic heterocycles. The maximum Gasteiger partial charge on any atom is 0.344 e. The minimum Gasteiger partial charge on any atom is -0.482 e. The molecular weight excluding hydrogens is 412 g/mol. The summed E-state index contributed by atoms with van der Waals surface area (Å²) in [6, 6.07) is 11.5. The van der Waals surface area contributed by atoms with Gasteiger partial charge in [-0.2, -0.15) is 0 Å². The van der Waals surface area contributed by atoms with Gasteiger partial charge < -0.3 is 9.47 Å². The Bertz CT molecular complexity index is 1110. The summed E-state index contributed by atoms with van der Waals surface area (Å²) in [4.78, 5) is 30.5. The second-order valence-corrected chi connectivity index (χ2v) is 8.23. The molecule has 1 amide bonds. The second kappa shape index (κ2) is 9.75. The molecule has 0 aliphatic heterocycles. The summed E-state index contributed by atoms with van der Waals surface area (Å²) in [5, 5.41) is 2.33. The van der Waals surface area contributed by atoms with Gasteiger partial charge in [-0.15, -0.1) is 11.3 Å². The normalized spacial score (nSPS) is 10.6. The second-order valence-electron chi connectivity index (χ2n) is 7.39. The number of benzene rings is 2. The first-order chi connectivity index (χ1) is 14.8. The maximum atomic E-state index is 12.3. The zero-order valence-electron chi connectivity index (χ0n) is 18.4. The number of anilines is 2. The Labute approximate surface area is 186 Å². The molecule has 3 aromatic rings. The minimum absolute atomic E-state index is 0.0180. The third kappa shape index (κ3) is 5.49. The van der Waals surface area contributed by atoms with Crippen LogP contribution < -0.4 is 9.64 Å². The number of rotatable bonds is 7. The SMILES string of the molecule is CC(=O)N(c1nc(COC(=O)COc2ccc(C)c(C)c2)cs1)c1cccc(C)c1C. The first-order valence-corrected chi connectivity index (χ1v) is 10.8. The van der Waals surface area contributed by atoms with Crippen LogP contribution in [0.2, 0.25) is 0 Å². The van der Waals surface area contributed by atoms with E-state index in [1.165, 1.54) is 18.3 Å². The molecule has 0 radical (unpaired) electrons. The average molecular weight is 439 g/mol. The minimum atomic E-state index is -0.481. The summed E-state index contributed by atoms with van der Waals surface area (Å²) in [6.07, 6.45) is 0. The van der Waals surface area contributed by atoms with Crippen molar-refractivity contribution < 1.29 is 19.1 Å². The number of aryl methyl sites for hydroxylation is 3. The van der Waals surface area contributed by atoms with Crippen LogP contribution in [0.25, 0.3) is 0 Å². The summed E-state index contributed by atoms with van der Waals surface area (Å²) in [7, 11) is 0. The first-order valence-electron chi connectivity index (χ1n) is 9.93. The highest BCUT2D eigenvalue weighted by atomic mass is 32.1. The molecule has 0 bridgehead atoms. The van der Waals surface area contributed by atoms with Gasteiger partial charge in [-0.05, 0) is 68.1 Å². The Hall–Kier alpha value is -3.19. The number of ether oxygens (including phenoxy) is 2. The number of carbonyl (C=O) groups is 2. The van der Waals surface area contributed by atoms with Crippen LogP contribution in [-0.2, 0) is 20.9 Å². The fourth-order valence-corrected chi connectivity index (χ4v) is 3.86. The van der Waals surface area contributed by atoms with Gasteiger partial charge in [0, 0.05) is 12.3 Å². The molecule has 0 saturated carbocycles. The van der Waals surface area contributed by atoms with Crippen molar-refractivity contribution in [2.45, 2.75) is 41.2 Å². The van der Waals surface area contributed by atoms with Crippen LogP contribution in [0.3, 0.4) is 0 Å². The van der Waals surface area contributed by atoms with Gasteiger partial charge in [-0.25, -0.2) is 9.78 Å². The number of hydrogen-bond acceptors (Lipinski definition) is 6. The van der Waals surface area contributed by atoms with Crippen molar-refractivity contribution in [1.82, 2.24) is 4.98 Å². The standard InChI is InChI=1S/C24H26N2O4S/c1-15-9-10-21(11-17(15)3)29-13-23(28)30-12-20-14-31-24(25-20)26(19(5)27)22-8-6-7-16(2)18(22)4/h6-11,14H,12-13H2,1-5H3. The van der Waals surface area contributed by atoms with Gasteiger partial charge in [0.2, 0.25) is 5.91 Å². The highest BCUT2D eigenvalue weighted by Gasteiger charge is 2.20. The number of thiazole rings is 1. The Morgan fingerprint density at radius 1 is 1.03 bits per heavy atom. The zero-order valence-corrected chi connectivity index (χ0v) is 19.2. The molecule has 31 heavy (non-hydrogen) atoms. The van der Waals surface area contributed by atoms with Gasteiger partial charge in [0.05, 0.1) is 11.4 Å². The van der Waals surface area contributed by atoms with Crippen LogP contribution in [0.4, 0.5) is 10.8 Å². The number of carbonyl (C=O) groups excluding carboxylic acids is 2. The van der Waals surface area contributed by atoms with Crippen molar-refractivity contribution in [2.24, 2.45) is 0 Å². The average Bonchev–Trinajstić information content (AvgIpc) is 3.19.